The highest BCUT2D eigenvalue weighted by molar-refractivity contribution is 5.99. The van der Waals surface area contributed by atoms with Crippen molar-refractivity contribution < 1.29 is 4.79 Å². The Morgan fingerprint density at radius 3 is 2.28 bits per heavy atom. The second kappa shape index (κ2) is 5.50. The summed E-state index contributed by atoms with van der Waals surface area (Å²) in [6.45, 7) is 2.40. The lowest BCUT2D eigenvalue weighted by molar-refractivity contribution is 0.101. The van der Waals surface area contributed by atoms with Crippen LogP contribution in [0.25, 0.3) is 0 Å². The number of rotatable bonds is 4. The molecule has 0 saturated heterocycles. The molecule has 18 heavy (non-hydrogen) atoms. The summed E-state index contributed by atoms with van der Waals surface area (Å²) in [5.74, 6) is 0.102. The molecule has 0 amide bonds. The molecule has 0 saturated carbocycles. The van der Waals surface area contributed by atoms with E-state index >= 15 is 0 Å². The summed E-state index contributed by atoms with van der Waals surface area (Å²) in [6.07, 6.45) is 0. The standard InChI is InChI=1S/C16H17NO/c1-13(18)15-10-6-7-11-16(15)17(2)12-14-8-4-3-5-9-14/h3-11H,12H2,1-2H3. The molecule has 2 heteroatoms. The molecule has 0 N–H and O–H groups in total. The average Bonchev–Trinajstić information content (AvgIpc) is 2.40. The van der Waals surface area contributed by atoms with Gasteiger partial charge in [-0.3, -0.25) is 4.79 Å². The van der Waals surface area contributed by atoms with Crippen LogP contribution in [0.5, 0.6) is 0 Å². The van der Waals surface area contributed by atoms with E-state index in [1.165, 1.54) is 5.56 Å². The van der Waals surface area contributed by atoms with Crippen LogP contribution in [0.3, 0.4) is 0 Å². The Kier molecular flexibility index (Phi) is 3.78. The maximum Gasteiger partial charge on any atom is 0.161 e. The van der Waals surface area contributed by atoms with Crippen molar-refractivity contribution in [3.05, 3.63) is 65.7 Å². The van der Waals surface area contributed by atoms with E-state index in [0.29, 0.717) is 0 Å². The third-order valence-electron chi connectivity index (χ3n) is 2.96. The van der Waals surface area contributed by atoms with E-state index in [2.05, 4.69) is 17.0 Å². The van der Waals surface area contributed by atoms with E-state index in [1.54, 1.807) is 6.92 Å². The van der Waals surface area contributed by atoms with Gasteiger partial charge in [-0.25, -0.2) is 0 Å². The Morgan fingerprint density at radius 2 is 1.61 bits per heavy atom. The number of hydrogen-bond donors (Lipinski definition) is 0. The maximum absolute atomic E-state index is 11.6. The smallest absolute Gasteiger partial charge is 0.161 e. The van der Waals surface area contributed by atoms with Gasteiger partial charge in [0.15, 0.2) is 5.78 Å². The van der Waals surface area contributed by atoms with Gasteiger partial charge in [0, 0.05) is 24.8 Å². The molecule has 2 nitrogen and oxygen atoms in total. The van der Waals surface area contributed by atoms with Crippen LogP contribution in [-0.2, 0) is 6.54 Å². The second-order valence-electron chi connectivity index (χ2n) is 4.41. The van der Waals surface area contributed by atoms with Crippen LogP contribution in [-0.4, -0.2) is 12.8 Å². The first-order valence-corrected chi connectivity index (χ1v) is 6.03. The van der Waals surface area contributed by atoms with Crippen LogP contribution in [0, 0.1) is 0 Å². The Labute approximate surface area is 108 Å². The van der Waals surface area contributed by atoms with Crippen molar-refractivity contribution in [1.82, 2.24) is 0 Å². The molecular formula is C16H17NO. The summed E-state index contributed by atoms with van der Waals surface area (Å²) in [5.41, 5.74) is 2.99. The van der Waals surface area contributed by atoms with E-state index in [9.17, 15) is 4.79 Å². The SMILES string of the molecule is CC(=O)c1ccccc1N(C)Cc1ccccc1. The van der Waals surface area contributed by atoms with Crippen molar-refractivity contribution in [2.45, 2.75) is 13.5 Å². The Morgan fingerprint density at radius 1 is 1.00 bits per heavy atom. The van der Waals surface area contributed by atoms with Gasteiger partial charge in [0.05, 0.1) is 0 Å². The fourth-order valence-corrected chi connectivity index (χ4v) is 2.05. The molecule has 0 bridgehead atoms. The van der Waals surface area contributed by atoms with E-state index in [0.717, 1.165) is 17.8 Å². The molecule has 0 aromatic heterocycles. The minimum absolute atomic E-state index is 0.102. The molecule has 92 valence electrons. The zero-order chi connectivity index (χ0) is 13.0. The average molecular weight is 239 g/mol. The highest BCUT2D eigenvalue weighted by atomic mass is 16.1. The molecule has 0 heterocycles. The van der Waals surface area contributed by atoms with Gasteiger partial charge in [0.25, 0.3) is 0 Å². The molecule has 0 fully saturated rings. The van der Waals surface area contributed by atoms with E-state index in [4.69, 9.17) is 0 Å². The predicted octanol–water partition coefficient (Wildman–Crippen LogP) is 3.53. The Bertz CT molecular complexity index is 534. The van der Waals surface area contributed by atoms with E-state index in [1.807, 2.05) is 49.5 Å². The quantitative estimate of drug-likeness (QED) is 0.761. The Balaban J connectivity index is 2.24. The van der Waals surface area contributed by atoms with Gasteiger partial charge in [0.1, 0.15) is 0 Å². The van der Waals surface area contributed by atoms with Gasteiger partial charge in [-0.1, -0.05) is 42.5 Å². The summed E-state index contributed by atoms with van der Waals surface area (Å²) in [5, 5.41) is 0. The summed E-state index contributed by atoms with van der Waals surface area (Å²) in [7, 11) is 2.01. The molecule has 2 aromatic rings. The third kappa shape index (κ3) is 2.77. The number of carbonyl (C=O) groups is 1. The second-order valence-corrected chi connectivity index (χ2v) is 4.41. The summed E-state index contributed by atoms with van der Waals surface area (Å²) < 4.78 is 0. The zero-order valence-electron chi connectivity index (χ0n) is 10.8. The molecule has 0 aliphatic heterocycles. The highest BCUT2D eigenvalue weighted by Gasteiger charge is 2.10. The van der Waals surface area contributed by atoms with Crippen molar-refractivity contribution >= 4 is 11.5 Å². The first-order valence-electron chi connectivity index (χ1n) is 6.03. The lowest BCUT2D eigenvalue weighted by atomic mass is 10.1. The van der Waals surface area contributed by atoms with Gasteiger partial charge < -0.3 is 4.90 Å². The monoisotopic (exact) mass is 239 g/mol. The van der Waals surface area contributed by atoms with Gasteiger partial charge in [-0.2, -0.15) is 0 Å². The molecule has 0 aliphatic carbocycles. The van der Waals surface area contributed by atoms with Crippen molar-refractivity contribution in [2.24, 2.45) is 0 Å². The largest absolute Gasteiger partial charge is 0.370 e. The van der Waals surface area contributed by atoms with Crippen LogP contribution in [0.4, 0.5) is 5.69 Å². The minimum Gasteiger partial charge on any atom is -0.370 e. The van der Waals surface area contributed by atoms with Crippen molar-refractivity contribution in [2.75, 3.05) is 11.9 Å². The maximum atomic E-state index is 11.6. The number of nitrogens with zero attached hydrogens (tertiary/aromatic N) is 1. The molecular weight excluding hydrogens is 222 g/mol. The summed E-state index contributed by atoms with van der Waals surface area (Å²) in [4.78, 5) is 13.7. The molecule has 0 unspecified atom stereocenters. The lowest BCUT2D eigenvalue weighted by Gasteiger charge is -2.21. The van der Waals surface area contributed by atoms with Crippen LogP contribution in [0.15, 0.2) is 54.6 Å². The van der Waals surface area contributed by atoms with E-state index < -0.39 is 0 Å². The molecule has 0 radical (unpaired) electrons. The molecule has 2 rings (SSSR count). The van der Waals surface area contributed by atoms with Crippen molar-refractivity contribution in [3.63, 3.8) is 0 Å². The van der Waals surface area contributed by atoms with Crippen molar-refractivity contribution in [3.8, 4) is 0 Å². The predicted molar refractivity (Wildman–Crippen MR) is 75.0 cm³/mol. The van der Waals surface area contributed by atoms with E-state index in [-0.39, 0.29) is 5.78 Å². The normalized spacial score (nSPS) is 10.1. The molecule has 0 atom stereocenters. The highest BCUT2D eigenvalue weighted by Crippen LogP contribution is 2.21. The van der Waals surface area contributed by atoms with Gasteiger partial charge >= 0.3 is 0 Å². The first kappa shape index (κ1) is 12.4. The van der Waals surface area contributed by atoms with Crippen LogP contribution in [0.2, 0.25) is 0 Å². The van der Waals surface area contributed by atoms with Crippen LogP contribution >= 0.6 is 0 Å². The fraction of sp³-hybridized carbons (Fsp3) is 0.188. The summed E-state index contributed by atoms with van der Waals surface area (Å²) >= 11 is 0. The fourth-order valence-electron chi connectivity index (χ4n) is 2.05. The number of ketones is 1. The first-order chi connectivity index (χ1) is 8.68. The lowest BCUT2D eigenvalue weighted by Crippen LogP contribution is -2.18. The van der Waals surface area contributed by atoms with Crippen molar-refractivity contribution in [1.29, 1.82) is 0 Å². The summed E-state index contributed by atoms with van der Waals surface area (Å²) in [6, 6.07) is 18.0. The third-order valence-corrected chi connectivity index (χ3v) is 2.96. The van der Waals surface area contributed by atoms with Gasteiger partial charge in [0.2, 0.25) is 0 Å². The van der Waals surface area contributed by atoms with Crippen LogP contribution in [0.1, 0.15) is 22.8 Å². The number of hydrogen-bond acceptors (Lipinski definition) is 2. The minimum atomic E-state index is 0.102. The zero-order valence-corrected chi connectivity index (χ0v) is 10.8. The van der Waals surface area contributed by atoms with Gasteiger partial charge in [-0.05, 0) is 24.6 Å². The number of para-hydroxylation sites is 1. The van der Waals surface area contributed by atoms with Crippen LogP contribution < -0.4 is 4.90 Å². The number of anilines is 1. The van der Waals surface area contributed by atoms with Gasteiger partial charge in [-0.15, -0.1) is 0 Å². The molecule has 0 spiro atoms. The number of benzene rings is 2. The molecule has 0 aliphatic rings. The molecule has 2 aromatic carbocycles. The number of carbonyl (C=O) groups excluding carboxylic acids is 1. The number of Topliss-reactive ketones (excluding diaryl/α,β-unsaturated/α-hetero) is 1. The Hall–Kier alpha value is -2.09. The topological polar surface area (TPSA) is 20.3 Å².